The van der Waals surface area contributed by atoms with Crippen LogP contribution in [0.3, 0.4) is 0 Å². The zero-order chi connectivity index (χ0) is 10.6. The lowest BCUT2D eigenvalue weighted by molar-refractivity contribution is 0.0799. The van der Waals surface area contributed by atoms with Gasteiger partial charge in [-0.2, -0.15) is 0 Å². The molecule has 0 saturated heterocycles. The normalized spacial score (nSPS) is 10.2. The van der Waals surface area contributed by atoms with Gasteiger partial charge in [0.25, 0.3) is 5.91 Å². The number of carbonyl (C=O) groups is 1. The van der Waals surface area contributed by atoms with Crippen molar-refractivity contribution < 1.29 is 4.79 Å². The molecule has 0 unspecified atom stereocenters. The van der Waals surface area contributed by atoms with Gasteiger partial charge in [-0.3, -0.25) is 4.79 Å². The van der Waals surface area contributed by atoms with Crippen LogP contribution in [0.5, 0.6) is 0 Å². The van der Waals surface area contributed by atoms with Gasteiger partial charge in [0.15, 0.2) is 0 Å². The van der Waals surface area contributed by atoms with Crippen molar-refractivity contribution in [2.75, 3.05) is 20.1 Å². The second-order valence-electron chi connectivity index (χ2n) is 2.97. The zero-order valence-electron chi connectivity index (χ0n) is 8.00. The van der Waals surface area contributed by atoms with Crippen LogP contribution in [0.1, 0.15) is 16.1 Å². The number of hydrogen-bond donors (Lipinski definition) is 1. The van der Waals surface area contributed by atoms with Gasteiger partial charge < -0.3 is 10.6 Å². The van der Waals surface area contributed by atoms with Gasteiger partial charge in [-0.25, -0.2) is 0 Å². The third-order valence-corrected chi connectivity index (χ3v) is 3.44. The van der Waals surface area contributed by atoms with E-state index in [0.717, 1.165) is 15.1 Å². The van der Waals surface area contributed by atoms with Crippen LogP contribution < -0.4 is 5.73 Å². The summed E-state index contributed by atoms with van der Waals surface area (Å²) in [4.78, 5) is 14.2. The second kappa shape index (κ2) is 5.48. The highest BCUT2D eigenvalue weighted by Gasteiger charge is 2.12. The molecule has 0 aliphatic heterocycles. The Labute approximate surface area is 96.0 Å². The summed E-state index contributed by atoms with van der Waals surface area (Å²) in [5, 5.41) is 0. The Morgan fingerprint density at radius 2 is 2.36 bits per heavy atom. The largest absolute Gasteiger partial charge is 0.341 e. The third kappa shape index (κ3) is 3.08. The predicted molar refractivity (Wildman–Crippen MR) is 62.7 cm³/mol. The van der Waals surface area contributed by atoms with E-state index in [1.54, 1.807) is 11.9 Å². The van der Waals surface area contributed by atoms with Crippen LogP contribution in [-0.2, 0) is 0 Å². The molecule has 0 aliphatic carbocycles. The fraction of sp³-hybridized carbons (Fsp3) is 0.444. The van der Waals surface area contributed by atoms with Crippen LogP contribution in [0, 0.1) is 0 Å². The lowest BCUT2D eigenvalue weighted by Gasteiger charge is -2.15. The van der Waals surface area contributed by atoms with Crippen LogP contribution in [0.25, 0.3) is 0 Å². The minimum Gasteiger partial charge on any atom is -0.341 e. The lowest BCUT2D eigenvalue weighted by atomic mass is 10.3. The number of rotatable bonds is 4. The Hall–Kier alpha value is -0.390. The number of nitrogens with zero attached hydrogens (tertiary/aromatic N) is 1. The first-order valence-electron chi connectivity index (χ1n) is 4.36. The smallest absolute Gasteiger partial charge is 0.263 e. The first kappa shape index (κ1) is 11.7. The fourth-order valence-electron chi connectivity index (χ4n) is 1.05. The highest BCUT2D eigenvalue weighted by Crippen LogP contribution is 2.22. The SMILES string of the molecule is CN(CCCN)C(=O)c1ccc(Br)s1. The molecule has 78 valence electrons. The van der Waals surface area contributed by atoms with E-state index >= 15 is 0 Å². The molecular weight excluding hydrogens is 264 g/mol. The van der Waals surface area contributed by atoms with E-state index in [9.17, 15) is 4.79 Å². The Morgan fingerprint density at radius 3 is 2.86 bits per heavy atom. The zero-order valence-corrected chi connectivity index (χ0v) is 10.4. The van der Waals surface area contributed by atoms with Crippen molar-refractivity contribution in [1.82, 2.24) is 4.90 Å². The molecule has 1 rings (SSSR count). The maximum absolute atomic E-state index is 11.7. The maximum Gasteiger partial charge on any atom is 0.263 e. The summed E-state index contributed by atoms with van der Waals surface area (Å²) in [5.74, 6) is 0.0640. The molecule has 14 heavy (non-hydrogen) atoms. The fourth-order valence-corrected chi connectivity index (χ4v) is 2.43. The van der Waals surface area contributed by atoms with E-state index in [-0.39, 0.29) is 5.91 Å². The van der Waals surface area contributed by atoms with Gasteiger partial charge in [0, 0.05) is 13.6 Å². The van der Waals surface area contributed by atoms with Crippen molar-refractivity contribution in [2.24, 2.45) is 5.73 Å². The number of thiophene rings is 1. The predicted octanol–water partition coefficient (Wildman–Crippen LogP) is 1.93. The molecule has 1 aromatic rings. The van der Waals surface area contributed by atoms with Gasteiger partial charge in [-0.05, 0) is 41.0 Å². The van der Waals surface area contributed by atoms with Gasteiger partial charge in [-0.1, -0.05) is 0 Å². The summed E-state index contributed by atoms with van der Waals surface area (Å²) < 4.78 is 0.980. The first-order chi connectivity index (χ1) is 6.65. The summed E-state index contributed by atoms with van der Waals surface area (Å²) >= 11 is 4.78. The number of hydrogen-bond acceptors (Lipinski definition) is 3. The third-order valence-electron chi connectivity index (χ3n) is 1.83. The Morgan fingerprint density at radius 1 is 1.64 bits per heavy atom. The molecule has 1 amide bonds. The molecule has 0 aliphatic rings. The van der Waals surface area contributed by atoms with E-state index in [2.05, 4.69) is 15.9 Å². The maximum atomic E-state index is 11.7. The first-order valence-corrected chi connectivity index (χ1v) is 5.97. The molecule has 0 atom stereocenters. The Bertz CT molecular complexity index is 314. The van der Waals surface area contributed by atoms with E-state index < -0.39 is 0 Å². The monoisotopic (exact) mass is 276 g/mol. The van der Waals surface area contributed by atoms with Gasteiger partial charge >= 0.3 is 0 Å². The van der Waals surface area contributed by atoms with Crippen molar-refractivity contribution >= 4 is 33.2 Å². The highest BCUT2D eigenvalue weighted by atomic mass is 79.9. The van der Waals surface area contributed by atoms with Crippen molar-refractivity contribution in [3.8, 4) is 0 Å². The number of carbonyl (C=O) groups excluding carboxylic acids is 1. The molecule has 0 bridgehead atoms. The molecule has 0 saturated carbocycles. The minimum atomic E-state index is 0.0640. The summed E-state index contributed by atoms with van der Waals surface area (Å²) in [6.07, 6.45) is 0.842. The molecule has 5 heteroatoms. The van der Waals surface area contributed by atoms with Crippen LogP contribution in [0.4, 0.5) is 0 Å². The number of halogens is 1. The number of amides is 1. The van der Waals surface area contributed by atoms with E-state index in [0.29, 0.717) is 13.1 Å². The van der Waals surface area contributed by atoms with Crippen molar-refractivity contribution in [1.29, 1.82) is 0 Å². The topological polar surface area (TPSA) is 46.3 Å². The molecule has 1 heterocycles. The molecule has 2 N–H and O–H groups in total. The average Bonchev–Trinajstić information content (AvgIpc) is 2.60. The van der Waals surface area contributed by atoms with E-state index in [1.807, 2.05) is 12.1 Å². The van der Waals surface area contributed by atoms with Gasteiger partial charge in [0.2, 0.25) is 0 Å². The van der Waals surface area contributed by atoms with Gasteiger partial charge in [-0.15, -0.1) is 11.3 Å². The van der Waals surface area contributed by atoms with Crippen molar-refractivity contribution in [2.45, 2.75) is 6.42 Å². The Balaban J connectivity index is 2.56. The second-order valence-corrected chi connectivity index (χ2v) is 5.44. The number of nitrogens with two attached hydrogens (primary N) is 1. The molecule has 0 aromatic carbocycles. The van der Waals surface area contributed by atoms with E-state index in [4.69, 9.17) is 5.73 Å². The van der Waals surface area contributed by atoms with Crippen LogP contribution >= 0.6 is 27.3 Å². The van der Waals surface area contributed by atoms with Crippen LogP contribution in [-0.4, -0.2) is 30.9 Å². The average molecular weight is 277 g/mol. The molecule has 0 fully saturated rings. The lowest BCUT2D eigenvalue weighted by Crippen LogP contribution is -2.28. The van der Waals surface area contributed by atoms with Gasteiger partial charge in [0.05, 0.1) is 8.66 Å². The summed E-state index contributed by atoms with van der Waals surface area (Å²) in [6.45, 7) is 1.33. The highest BCUT2D eigenvalue weighted by molar-refractivity contribution is 9.11. The molecule has 1 aromatic heterocycles. The van der Waals surface area contributed by atoms with Crippen molar-refractivity contribution in [3.63, 3.8) is 0 Å². The summed E-state index contributed by atoms with van der Waals surface area (Å²) in [5.41, 5.74) is 5.38. The summed E-state index contributed by atoms with van der Waals surface area (Å²) in [6, 6.07) is 3.71. The quantitative estimate of drug-likeness (QED) is 0.914. The minimum absolute atomic E-state index is 0.0640. The molecular formula is C9H13BrN2OS. The standard InChI is InChI=1S/C9H13BrN2OS/c1-12(6-2-5-11)9(13)7-3-4-8(10)14-7/h3-4H,2,5-6,11H2,1H3. The molecule has 0 radical (unpaired) electrons. The van der Waals surface area contributed by atoms with Gasteiger partial charge in [0.1, 0.15) is 0 Å². The van der Waals surface area contributed by atoms with Crippen LogP contribution in [0.2, 0.25) is 0 Å². The van der Waals surface area contributed by atoms with E-state index in [1.165, 1.54) is 11.3 Å². The van der Waals surface area contributed by atoms with Crippen LogP contribution in [0.15, 0.2) is 15.9 Å². The molecule has 0 spiro atoms. The van der Waals surface area contributed by atoms with Crippen molar-refractivity contribution in [3.05, 3.63) is 20.8 Å². The molecule has 3 nitrogen and oxygen atoms in total. The Kier molecular flexibility index (Phi) is 4.57. The summed E-state index contributed by atoms with van der Waals surface area (Å²) in [7, 11) is 1.80.